The highest BCUT2D eigenvalue weighted by Gasteiger charge is 2.39. The van der Waals surface area contributed by atoms with Gasteiger partial charge >= 0.3 is 0 Å². The van der Waals surface area contributed by atoms with Gasteiger partial charge in [-0.05, 0) is 64.7 Å². The number of hydrogen-bond acceptors (Lipinski definition) is 6. The molecular weight excluding hydrogens is 612 g/mol. The molecule has 2 heterocycles. The predicted octanol–water partition coefficient (Wildman–Crippen LogP) is 7.57. The minimum absolute atomic E-state index is 0.00765. The fraction of sp³-hybridized carbons (Fsp3) is 0.238. The first-order chi connectivity index (χ1) is 23.9. The average molecular weight is 653 g/mol. The first-order valence-electron chi connectivity index (χ1n) is 16.8. The lowest BCUT2D eigenvalue weighted by molar-refractivity contribution is -0.276. The number of ether oxygens (including phenoxy) is 2. The summed E-state index contributed by atoms with van der Waals surface area (Å²) in [6.07, 6.45) is -0.926. The van der Waals surface area contributed by atoms with Gasteiger partial charge in [0.2, 0.25) is 0 Å². The van der Waals surface area contributed by atoms with Crippen molar-refractivity contribution in [2.45, 2.75) is 45.1 Å². The average Bonchev–Trinajstić information content (AvgIpc) is 3.37. The molecule has 1 fully saturated rings. The molecule has 7 nitrogen and oxygen atoms in total. The Morgan fingerprint density at radius 3 is 2.00 bits per heavy atom. The number of likely N-dealkylation sites (N-methyl/N-ethyl adjacent to an activating group) is 1. The van der Waals surface area contributed by atoms with Crippen LogP contribution in [0.4, 0.5) is 0 Å². The Morgan fingerprint density at radius 1 is 0.673 bits per heavy atom. The molecule has 2 amide bonds. The van der Waals surface area contributed by atoms with Crippen LogP contribution in [0.15, 0.2) is 127 Å². The second-order valence-electron chi connectivity index (χ2n) is 13.1. The van der Waals surface area contributed by atoms with E-state index in [0.717, 1.165) is 46.5 Å². The van der Waals surface area contributed by atoms with Gasteiger partial charge in [-0.2, -0.15) is 0 Å². The zero-order valence-corrected chi connectivity index (χ0v) is 27.7. The number of nitrogens with zero attached hydrogens (tertiary/aromatic N) is 2. The minimum Gasteiger partial charge on any atom is -0.392 e. The van der Waals surface area contributed by atoms with E-state index < -0.39 is 6.29 Å². The number of aliphatic hydroxyl groups is 1. The highest BCUT2D eigenvalue weighted by molar-refractivity contribution is 6.21. The first kappa shape index (κ1) is 32.6. The Labute approximate surface area is 287 Å². The minimum atomic E-state index is -0.602. The summed E-state index contributed by atoms with van der Waals surface area (Å²) in [7, 11) is 2.12. The molecule has 0 bridgehead atoms. The smallest absolute Gasteiger partial charge is 0.261 e. The Bertz CT molecular complexity index is 1910. The van der Waals surface area contributed by atoms with Crippen LogP contribution in [0, 0.1) is 5.92 Å². The van der Waals surface area contributed by atoms with Gasteiger partial charge in [0.05, 0.1) is 36.5 Å². The number of hydrogen-bond donors (Lipinski definition) is 1. The highest BCUT2D eigenvalue weighted by atomic mass is 16.7. The third-order valence-electron chi connectivity index (χ3n) is 9.55. The first-order valence-corrected chi connectivity index (χ1v) is 16.8. The third kappa shape index (κ3) is 6.98. The fourth-order valence-electron chi connectivity index (χ4n) is 6.87. The van der Waals surface area contributed by atoms with Gasteiger partial charge < -0.3 is 14.6 Å². The molecule has 248 valence electrons. The largest absolute Gasteiger partial charge is 0.392 e. The van der Waals surface area contributed by atoms with Crippen molar-refractivity contribution in [1.29, 1.82) is 0 Å². The number of amides is 2. The molecule has 0 saturated carbocycles. The number of aliphatic hydroxyl groups excluding tert-OH is 1. The lowest BCUT2D eigenvalue weighted by Gasteiger charge is -2.42. The summed E-state index contributed by atoms with van der Waals surface area (Å²) < 4.78 is 13.5. The van der Waals surface area contributed by atoms with E-state index in [1.165, 1.54) is 10.5 Å². The van der Waals surface area contributed by atoms with Crippen LogP contribution in [0.25, 0.3) is 11.1 Å². The van der Waals surface area contributed by atoms with E-state index >= 15 is 0 Å². The molecular formula is C42H40N2O5. The topological polar surface area (TPSA) is 79.3 Å². The summed E-state index contributed by atoms with van der Waals surface area (Å²) in [6, 6.07) is 41.5. The van der Waals surface area contributed by atoms with Gasteiger partial charge in [0.1, 0.15) is 0 Å². The molecule has 0 radical (unpaired) electrons. The summed E-state index contributed by atoms with van der Waals surface area (Å²) in [5.74, 6) is -0.465. The number of fused-ring (bicyclic) bond motifs is 1. The standard InChI is InChI=1S/C42H40N2O5/c1-28-38(26-43(2)24-29-10-4-3-5-11-29)48-42(49-39(28)32-20-18-30(27-45)19-21-32)35-15-9-14-34(23-35)33-13-8-12-31(22-33)25-44-40(46)36-16-6-7-17-37(36)41(44)47/h3-23,28,38-39,42,45H,24-27H2,1-2H3. The Balaban J connectivity index is 1.13. The maximum atomic E-state index is 13.0. The van der Waals surface area contributed by atoms with Crippen LogP contribution < -0.4 is 0 Å². The number of carbonyl (C=O) groups excluding carboxylic acids is 2. The number of benzene rings is 5. The van der Waals surface area contributed by atoms with Crippen molar-refractivity contribution in [3.05, 3.63) is 166 Å². The van der Waals surface area contributed by atoms with E-state index in [9.17, 15) is 14.7 Å². The van der Waals surface area contributed by atoms with E-state index in [2.05, 4.69) is 49.2 Å². The van der Waals surface area contributed by atoms with Gasteiger partial charge in [-0.25, -0.2) is 0 Å². The number of imide groups is 1. The maximum absolute atomic E-state index is 13.0. The molecule has 1 saturated heterocycles. The number of carbonyl (C=O) groups is 2. The van der Waals surface area contributed by atoms with Crippen molar-refractivity contribution in [2.24, 2.45) is 5.92 Å². The molecule has 0 aromatic heterocycles. The monoisotopic (exact) mass is 652 g/mol. The zero-order valence-electron chi connectivity index (χ0n) is 27.7. The third-order valence-corrected chi connectivity index (χ3v) is 9.55. The molecule has 2 aliphatic heterocycles. The molecule has 5 aromatic rings. The SMILES string of the molecule is CC1C(CN(C)Cc2ccccc2)OC(c2cccc(-c3cccc(CN4C(=O)c5ccccc5C4=O)c3)c2)OC1c1ccc(CO)cc1. The van der Waals surface area contributed by atoms with E-state index in [1.807, 2.05) is 72.8 Å². The zero-order chi connectivity index (χ0) is 33.9. The summed E-state index contributed by atoms with van der Waals surface area (Å²) in [6.45, 7) is 3.90. The van der Waals surface area contributed by atoms with Crippen molar-refractivity contribution in [1.82, 2.24) is 9.80 Å². The lowest BCUT2D eigenvalue weighted by Crippen LogP contribution is -2.43. The van der Waals surface area contributed by atoms with E-state index in [4.69, 9.17) is 9.47 Å². The fourth-order valence-corrected chi connectivity index (χ4v) is 6.87. The molecule has 0 spiro atoms. The van der Waals surface area contributed by atoms with Crippen LogP contribution in [0.3, 0.4) is 0 Å². The van der Waals surface area contributed by atoms with Crippen LogP contribution in [0.1, 0.15) is 67.9 Å². The summed E-state index contributed by atoms with van der Waals surface area (Å²) in [5.41, 5.74) is 7.77. The van der Waals surface area contributed by atoms with E-state index in [0.29, 0.717) is 11.1 Å². The molecule has 0 aliphatic carbocycles. The van der Waals surface area contributed by atoms with Crippen molar-refractivity contribution in [2.75, 3.05) is 13.6 Å². The summed E-state index contributed by atoms with van der Waals surface area (Å²) in [4.78, 5) is 29.6. The Morgan fingerprint density at radius 2 is 1.31 bits per heavy atom. The summed E-state index contributed by atoms with van der Waals surface area (Å²) in [5, 5.41) is 9.62. The van der Waals surface area contributed by atoms with Crippen LogP contribution in [0.5, 0.6) is 0 Å². The Kier molecular flexibility index (Phi) is 9.51. The van der Waals surface area contributed by atoms with Crippen LogP contribution in [-0.4, -0.2) is 46.4 Å². The van der Waals surface area contributed by atoms with Gasteiger partial charge in [-0.1, -0.05) is 110 Å². The van der Waals surface area contributed by atoms with Gasteiger partial charge in [0.15, 0.2) is 6.29 Å². The molecule has 4 unspecified atom stereocenters. The van der Waals surface area contributed by atoms with E-state index in [-0.39, 0.29) is 43.1 Å². The van der Waals surface area contributed by atoms with Crippen molar-refractivity contribution >= 4 is 11.8 Å². The molecule has 2 aliphatic rings. The quantitative estimate of drug-likeness (QED) is 0.157. The lowest BCUT2D eigenvalue weighted by atomic mass is 9.90. The Hall–Kier alpha value is -4.92. The maximum Gasteiger partial charge on any atom is 0.261 e. The molecule has 1 N–H and O–H groups in total. The normalized spacial score (nSPS) is 20.5. The molecule has 7 rings (SSSR count). The second kappa shape index (κ2) is 14.3. The van der Waals surface area contributed by atoms with Crippen LogP contribution in [-0.2, 0) is 29.2 Å². The molecule has 4 atom stereocenters. The summed E-state index contributed by atoms with van der Waals surface area (Å²) >= 11 is 0. The predicted molar refractivity (Wildman–Crippen MR) is 188 cm³/mol. The van der Waals surface area contributed by atoms with E-state index in [1.54, 1.807) is 24.3 Å². The highest BCUT2D eigenvalue weighted by Crippen LogP contribution is 2.42. The van der Waals surface area contributed by atoms with Gasteiger partial charge in [-0.15, -0.1) is 0 Å². The van der Waals surface area contributed by atoms with Crippen molar-refractivity contribution in [3.63, 3.8) is 0 Å². The van der Waals surface area contributed by atoms with Crippen LogP contribution in [0.2, 0.25) is 0 Å². The molecule has 5 aromatic carbocycles. The van der Waals surface area contributed by atoms with Crippen molar-refractivity contribution < 1.29 is 24.2 Å². The van der Waals surface area contributed by atoms with Gasteiger partial charge in [-0.3, -0.25) is 19.4 Å². The molecule has 7 heteroatoms. The number of rotatable bonds is 10. The van der Waals surface area contributed by atoms with Crippen molar-refractivity contribution in [3.8, 4) is 11.1 Å². The molecule has 49 heavy (non-hydrogen) atoms. The van der Waals surface area contributed by atoms with Gasteiger partial charge in [0, 0.05) is 24.6 Å². The van der Waals surface area contributed by atoms with Crippen LogP contribution >= 0.6 is 0 Å². The van der Waals surface area contributed by atoms with Gasteiger partial charge in [0.25, 0.3) is 11.8 Å². The second-order valence-corrected chi connectivity index (χ2v) is 13.1.